The van der Waals surface area contributed by atoms with Gasteiger partial charge in [-0.1, -0.05) is 23.8 Å². The summed E-state index contributed by atoms with van der Waals surface area (Å²) < 4.78 is 44.2. The SMILES string of the molecule is COc1cccc(N(CC(=O)NC(C)c2cc(OC)ccc2OC)S(=O)(=O)c2ccc(C)cc2)c1. The third kappa shape index (κ3) is 6.05. The Bertz CT molecular complexity index is 1280. The molecule has 0 saturated heterocycles. The van der Waals surface area contributed by atoms with Crippen molar-refractivity contribution in [2.24, 2.45) is 0 Å². The molecule has 0 aromatic heterocycles. The van der Waals surface area contributed by atoms with Crippen LogP contribution in [0.1, 0.15) is 24.1 Å². The zero-order valence-corrected chi connectivity index (χ0v) is 21.3. The molecule has 9 heteroatoms. The molecule has 0 saturated carbocycles. The number of nitrogens with one attached hydrogen (secondary N) is 1. The van der Waals surface area contributed by atoms with E-state index in [0.29, 0.717) is 28.5 Å². The summed E-state index contributed by atoms with van der Waals surface area (Å²) in [4.78, 5) is 13.2. The first kappa shape index (κ1) is 25.9. The van der Waals surface area contributed by atoms with Crippen molar-refractivity contribution in [2.45, 2.75) is 24.8 Å². The Hall–Kier alpha value is -3.72. The molecule has 0 heterocycles. The van der Waals surface area contributed by atoms with Gasteiger partial charge in [-0.15, -0.1) is 0 Å². The minimum absolute atomic E-state index is 0.0845. The van der Waals surface area contributed by atoms with Crippen LogP contribution in [0.5, 0.6) is 17.2 Å². The van der Waals surface area contributed by atoms with Gasteiger partial charge in [0.15, 0.2) is 0 Å². The van der Waals surface area contributed by atoms with Gasteiger partial charge in [-0.3, -0.25) is 9.10 Å². The second kappa shape index (κ2) is 11.1. The van der Waals surface area contributed by atoms with E-state index < -0.39 is 28.5 Å². The molecule has 1 N–H and O–H groups in total. The van der Waals surface area contributed by atoms with Crippen LogP contribution in [0.2, 0.25) is 0 Å². The number of carbonyl (C=O) groups excluding carboxylic acids is 1. The molecule has 0 spiro atoms. The predicted octanol–water partition coefficient (Wildman–Crippen LogP) is 4.09. The molecule has 0 aliphatic heterocycles. The summed E-state index contributed by atoms with van der Waals surface area (Å²) in [5.41, 5.74) is 1.94. The van der Waals surface area contributed by atoms with Gasteiger partial charge in [0.25, 0.3) is 10.0 Å². The number of aryl methyl sites for hydroxylation is 1. The average Bonchev–Trinajstić information content (AvgIpc) is 2.86. The first-order chi connectivity index (χ1) is 16.7. The van der Waals surface area contributed by atoms with Gasteiger partial charge in [0, 0.05) is 11.6 Å². The lowest BCUT2D eigenvalue weighted by atomic mass is 10.1. The van der Waals surface area contributed by atoms with E-state index in [2.05, 4.69) is 5.32 Å². The third-order valence-electron chi connectivity index (χ3n) is 5.52. The summed E-state index contributed by atoms with van der Waals surface area (Å²) in [6, 6.07) is 17.9. The van der Waals surface area contributed by atoms with Crippen LogP contribution in [-0.4, -0.2) is 42.2 Å². The fourth-order valence-corrected chi connectivity index (χ4v) is 5.00. The molecule has 0 aliphatic carbocycles. The molecule has 3 rings (SSSR count). The molecular formula is C26H30N2O6S. The van der Waals surface area contributed by atoms with Gasteiger partial charge < -0.3 is 19.5 Å². The molecule has 186 valence electrons. The molecule has 0 fully saturated rings. The van der Waals surface area contributed by atoms with E-state index in [1.807, 2.05) is 6.92 Å². The largest absolute Gasteiger partial charge is 0.497 e. The third-order valence-corrected chi connectivity index (χ3v) is 7.31. The van der Waals surface area contributed by atoms with E-state index in [9.17, 15) is 13.2 Å². The molecule has 3 aromatic rings. The maximum absolute atomic E-state index is 13.6. The van der Waals surface area contributed by atoms with Crippen LogP contribution in [0.3, 0.4) is 0 Å². The highest BCUT2D eigenvalue weighted by molar-refractivity contribution is 7.92. The second-order valence-electron chi connectivity index (χ2n) is 7.92. The van der Waals surface area contributed by atoms with Gasteiger partial charge in [0.2, 0.25) is 5.91 Å². The zero-order chi connectivity index (χ0) is 25.6. The number of rotatable bonds is 10. The normalized spacial score (nSPS) is 11.9. The van der Waals surface area contributed by atoms with E-state index in [4.69, 9.17) is 14.2 Å². The molecule has 8 nitrogen and oxygen atoms in total. The van der Waals surface area contributed by atoms with E-state index in [0.717, 1.165) is 9.87 Å². The highest BCUT2D eigenvalue weighted by atomic mass is 32.2. The number of hydrogen-bond donors (Lipinski definition) is 1. The number of ether oxygens (including phenoxy) is 3. The molecule has 0 radical (unpaired) electrons. The van der Waals surface area contributed by atoms with Crippen LogP contribution in [0.25, 0.3) is 0 Å². The van der Waals surface area contributed by atoms with Crippen LogP contribution < -0.4 is 23.8 Å². The highest BCUT2D eigenvalue weighted by Gasteiger charge is 2.28. The number of anilines is 1. The van der Waals surface area contributed by atoms with Gasteiger partial charge in [-0.2, -0.15) is 0 Å². The molecule has 3 aromatic carbocycles. The quantitative estimate of drug-likeness (QED) is 0.452. The van der Waals surface area contributed by atoms with Crippen molar-refractivity contribution in [1.82, 2.24) is 5.32 Å². The molecule has 1 unspecified atom stereocenters. The summed E-state index contributed by atoms with van der Waals surface area (Å²) in [6.07, 6.45) is 0. The molecular weight excluding hydrogens is 468 g/mol. The lowest BCUT2D eigenvalue weighted by Gasteiger charge is -2.26. The lowest BCUT2D eigenvalue weighted by molar-refractivity contribution is -0.120. The van der Waals surface area contributed by atoms with E-state index in [1.54, 1.807) is 75.7 Å². The Morgan fingerprint density at radius 1 is 0.914 bits per heavy atom. The Morgan fingerprint density at radius 3 is 2.20 bits per heavy atom. The number of carbonyl (C=O) groups is 1. The molecule has 1 amide bonds. The predicted molar refractivity (Wildman–Crippen MR) is 135 cm³/mol. The van der Waals surface area contributed by atoms with Crippen LogP contribution in [0.4, 0.5) is 5.69 Å². The summed E-state index contributed by atoms with van der Waals surface area (Å²) in [5, 5.41) is 2.87. The van der Waals surface area contributed by atoms with Crippen molar-refractivity contribution in [3.05, 3.63) is 77.9 Å². The smallest absolute Gasteiger partial charge is 0.264 e. The Balaban J connectivity index is 1.93. The Labute approximate surface area is 206 Å². The van der Waals surface area contributed by atoms with Crippen molar-refractivity contribution in [3.8, 4) is 17.2 Å². The van der Waals surface area contributed by atoms with Crippen LogP contribution >= 0.6 is 0 Å². The van der Waals surface area contributed by atoms with Crippen molar-refractivity contribution < 1.29 is 27.4 Å². The Morgan fingerprint density at radius 2 is 1.57 bits per heavy atom. The second-order valence-corrected chi connectivity index (χ2v) is 9.79. The average molecular weight is 499 g/mol. The number of amides is 1. The number of nitrogens with zero attached hydrogens (tertiary/aromatic N) is 1. The van der Waals surface area contributed by atoms with E-state index in [1.165, 1.54) is 19.2 Å². The summed E-state index contributed by atoms with van der Waals surface area (Å²) in [7, 11) is 0.544. The molecule has 0 aliphatic rings. The Kier molecular flexibility index (Phi) is 8.24. The van der Waals surface area contributed by atoms with Gasteiger partial charge in [-0.05, 0) is 56.3 Å². The van der Waals surface area contributed by atoms with Crippen LogP contribution in [0, 0.1) is 6.92 Å². The molecule has 35 heavy (non-hydrogen) atoms. The van der Waals surface area contributed by atoms with Crippen LogP contribution in [-0.2, 0) is 14.8 Å². The van der Waals surface area contributed by atoms with Gasteiger partial charge in [-0.25, -0.2) is 8.42 Å². The van der Waals surface area contributed by atoms with Gasteiger partial charge in [0.1, 0.15) is 23.8 Å². The standard InChI is InChI=1S/C26H30N2O6S/c1-18-9-12-23(13-10-18)35(30,31)28(20-7-6-8-21(15-20)32-3)17-26(29)27-19(2)24-16-22(33-4)11-14-25(24)34-5/h6-16,19H,17H2,1-5H3,(H,27,29). The van der Waals surface area contributed by atoms with Crippen molar-refractivity contribution in [2.75, 3.05) is 32.2 Å². The topological polar surface area (TPSA) is 94.2 Å². The highest BCUT2D eigenvalue weighted by Crippen LogP contribution is 2.30. The number of benzene rings is 3. The summed E-state index contributed by atoms with van der Waals surface area (Å²) in [6.45, 7) is 3.23. The number of sulfonamides is 1. The van der Waals surface area contributed by atoms with Gasteiger partial charge in [0.05, 0.1) is 38.0 Å². The summed E-state index contributed by atoms with van der Waals surface area (Å²) >= 11 is 0. The maximum Gasteiger partial charge on any atom is 0.264 e. The number of methoxy groups -OCH3 is 3. The van der Waals surface area contributed by atoms with Crippen molar-refractivity contribution >= 4 is 21.6 Å². The van der Waals surface area contributed by atoms with Crippen molar-refractivity contribution in [3.63, 3.8) is 0 Å². The molecule has 0 bridgehead atoms. The summed E-state index contributed by atoms with van der Waals surface area (Å²) in [5.74, 6) is 1.18. The van der Waals surface area contributed by atoms with E-state index >= 15 is 0 Å². The fraction of sp³-hybridized carbons (Fsp3) is 0.269. The van der Waals surface area contributed by atoms with E-state index in [-0.39, 0.29) is 4.90 Å². The minimum atomic E-state index is -4.04. The maximum atomic E-state index is 13.6. The van der Waals surface area contributed by atoms with Crippen molar-refractivity contribution in [1.29, 1.82) is 0 Å². The zero-order valence-electron chi connectivity index (χ0n) is 20.4. The van der Waals surface area contributed by atoms with Gasteiger partial charge >= 0.3 is 0 Å². The van der Waals surface area contributed by atoms with Crippen LogP contribution in [0.15, 0.2) is 71.6 Å². The minimum Gasteiger partial charge on any atom is -0.497 e. The first-order valence-corrected chi connectivity index (χ1v) is 12.4. The monoisotopic (exact) mass is 498 g/mol. The lowest BCUT2D eigenvalue weighted by Crippen LogP contribution is -2.41. The first-order valence-electron chi connectivity index (χ1n) is 10.9. The molecule has 1 atom stereocenters. The fourth-order valence-electron chi connectivity index (χ4n) is 3.59. The number of hydrogen-bond acceptors (Lipinski definition) is 6.